The van der Waals surface area contributed by atoms with Crippen LogP contribution in [0.4, 0.5) is 0 Å². The Morgan fingerprint density at radius 1 is 1.38 bits per heavy atom. The second kappa shape index (κ2) is 4.99. The zero-order chi connectivity index (χ0) is 11.4. The Balaban J connectivity index is 2.11. The fourth-order valence-electron chi connectivity index (χ4n) is 2.07. The number of benzene rings is 1. The topological polar surface area (TPSA) is 64.3 Å². The Bertz CT molecular complexity index is 391. The Morgan fingerprint density at radius 3 is 3.00 bits per heavy atom. The molecule has 4 nitrogen and oxygen atoms in total. The van der Waals surface area contributed by atoms with Crippen LogP contribution >= 0.6 is 0 Å². The molecule has 0 radical (unpaired) electrons. The number of aryl methyl sites for hydroxylation is 1. The van der Waals surface area contributed by atoms with Crippen LogP contribution in [-0.2, 0) is 17.6 Å². The fourth-order valence-corrected chi connectivity index (χ4v) is 2.07. The molecule has 1 aliphatic rings. The van der Waals surface area contributed by atoms with E-state index >= 15 is 0 Å². The quantitative estimate of drug-likeness (QED) is 0.452. The van der Waals surface area contributed by atoms with Crippen molar-refractivity contribution in [1.29, 1.82) is 0 Å². The molecule has 4 heteroatoms. The minimum atomic E-state index is -0.312. The van der Waals surface area contributed by atoms with Crippen molar-refractivity contribution in [2.45, 2.75) is 25.7 Å². The van der Waals surface area contributed by atoms with E-state index in [0.717, 1.165) is 18.6 Å². The molecule has 0 atom stereocenters. The lowest BCUT2D eigenvalue weighted by Crippen LogP contribution is -2.34. The summed E-state index contributed by atoms with van der Waals surface area (Å²) in [6.45, 7) is -0.0209. The van der Waals surface area contributed by atoms with Gasteiger partial charge < -0.3 is 4.74 Å². The summed E-state index contributed by atoms with van der Waals surface area (Å²) in [5, 5.41) is 0. The number of nitrogens with two attached hydrogens (primary N) is 1. The second-order valence-electron chi connectivity index (χ2n) is 3.96. The van der Waals surface area contributed by atoms with Crippen LogP contribution in [0, 0.1) is 0 Å². The van der Waals surface area contributed by atoms with Crippen LogP contribution in [0.15, 0.2) is 18.2 Å². The number of amides is 1. The Labute approximate surface area is 94.8 Å². The zero-order valence-corrected chi connectivity index (χ0v) is 9.16. The van der Waals surface area contributed by atoms with E-state index in [1.54, 1.807) is 0 Å². The van der Waals surface area contributed by atoms with Gasteiger partial charge in [0.2, 0.25) is 0 Å². The number of fused-ring (bicyclic) bond motifs is 1. The third-order valence-corrected chi connectivity index (χ3v) is 2.87. The van der Waals surface area contributed by atoms with Crippen molar-refractivity contribution in [3.8, 4) is 5.75 Å². The molecule has 1 aliphatic carbocycles. The summed E-state index contributed by atoms with van der Waals surface area (Å²) in [5.74, 6) is 5.50. The van der Waals surface area contributed by atoms with Gasteiger partial charge in [0.1, 0.15) is 5.75 Å². The van der Waals surface area contributed by atoms with E-state index in [1.807, 2.05) is 12.1 Å². The molecule has 0 spiro atoms. The van der Waals surface area contributed by atoms with Gasteiger partial charge in [-0.3, -0.25) is 10.2 Å². The van der Waals surface area contributed by atoms with E-state index in [2.05, 4.69) is 11.5 Å². The van der Waals surface area contributed by atoms with Crippen LogP contribution in [0.1, 0.15) is 24.0 Å². The normalized spacial score (nSPS) is 14.1. The Morgan fingerprint density at radius 2 is 2.19 bits per heavy atom. The summed E-state index contributed by atoms with van der Waals surface area (Å²) < 4.78 is 5.47. The van der Waals surface area contributed by atoms with Gasteiger partial charge in [-0.15, -0.1) is 0 Å². The minimum absolute atomic E-state index is 0.0209. The number of hydrogen-bond acceptors (Lipinski definition) is 3. The summed E-state index contributed by atoms with van der Waals surface area (Å²) in [6, 6.07) is 6.01. The zero-order valence-electron chi connectivity index (χ0n) is 9.16. The molecule has 0 bridgehead atoms. The molecule has 0 saturated heterocycles. The molecule has 3 N–H and O–H groups in total. The third-order valence-electron chi connectivity index (χ3n) is 2.87. The van der Waals surface area contributed by atoms with Crippen molar-refractivity contribution in [3.63, 3.8) is 0 Å². The molecule has 0 heterocycles. The summed E-state index contributed by atoms with van der Waals surface area (Å²) in [5.41, 5.74) is 4.64. The molecule has 1 amide bonds. The number of nitrogens with one attached hydrogen (secondary N) is 1. The van der Waals surface area contributed by atoms with Crippen LogP contribution < -0.4 is 16.0 Å². The first-order valence-corrected chi connectivity index (χ1v) is 5.54. The summed E-state index contributed by atoms with van der Waals surface area (Å²) in [4.78, 5) is 11.0. The predicted octanol–water partition coefficient (Wildman–Crippen LogP) is 0.934. The Kier molecular flexibility index (Phi) is 3.41. The highest BCUT2D eigenvalue weighted by atomic mass is 16.5. The fraction of sp³-hybridized carbons (Fsp3) is 0.417. The first-order valence-electron chi connectivity index (χ1n) is 5.54. The van der Waals surface area contributed by atoms with E-state index in [0.29, 0.717) is 0 Å². The van der Waals surface area contributed by atoms with Crippen molar-refractivity contribution >= 4 is 5.91 Å². The van der Waals surface area contributed by atoms with Gasteiger partial charge in [0.25, 0.3) is 5.91 Å². The molecular formula is C12H16N2O2. The molecule has 0 unspecified atom stereocenters. The van der Waals surface area contributed by atoms with Crippen LogP contribution in [0.2, 0.25) is 0 Å². The molecular weight excluding hydrogens is 204 g/mol. The highest BCUT2D eigenvalue weighted by molar-refractivity contribution is 5.76. The van der Waals surface area contributed by atoms with Gasteiger partial charge in [-0.1, -0.05) is 12.1 Å². The molecule has 0 fully saturated rings. The number of hydrazine groups is 1. The maximum absolute atomic E-state index is 11.0. The van der Waals surface area contributed by atoms with Crippen LogP contribution in [0.25, 0.3) is 0 Å². The SMILES string of the molecule is NNC(=O)COc1cccc2c1CCCC2. The molecule has 1 aromatic carbocycles. The van der Waals surface area contributed by atoms with Gasteiger partial charge >= 0.3 is 0 Å². The maximum atomic E-state index is 11.0. The average molecular weight is 220 g/mol. The molecule has 0 saturated carbocycles. The molecule has 0 aliphatic heterocycles. The largest absolute Gasteiger partial charge is 0.483 e. The number of carbonyl (C=O) groups is 1. The van der Waals surface area contributed by atoms with E-state index in [-0.39, 0.29) is 12.5 Å². The number of ether oxygens (including phenoxy) is 1. The standard InChI is InChI=1S/C12H16N2O2/c13-14-12(15)8-16-11-7-3-5-9-4-1-2-6-10(9)11/h3,5,7H,1-2,4,6,8,13H2,(H,14,15). The number of hydrogen-bond donors (Lipinski definition) is 2. The first-order chi connectivity index (χ1) is 7.81. The average Bonchev–Trinajstić information content (AvgIpc) is 2.35. The lowest BCUT2D eigenvalue weighted by Gasteiger charge is -2.19. The highest BCUT2D eigenvalue weighted by Gasteiger charge is 2.14. The lowest BCUT2D eigenvalue weighted by atomic mass is 9.91. The minimum Gasteiger partial charge on any atom is -0.483 e. The van der Waals surface area contributed by atoms with E-state index in [4.69, 9.17) is 10.6 Å². The van der Waals surface area contributed by atoms with E-state index in [1.165, 1.54) is 24.0 Å². The van der Waals surface area contributed by atoms with Gasteiger partial charge in [0.05, 0.1) is 0 Å². The van der Waals surface area contributed by atoms with Crippen LogP contribution in [0.5, 0.6) is 5.75 Å². The molecule has 1 aromatic rings. The smallest absolute Gasteiger partial charge is 0.271 e. The first kappa shape index (κ1) is 11.0. The number of carbonyl (C=O) groups excluding carboxylic acids is 1. The highest BCUT2D eigenvalue weighted by Crippen LogP contribution is 2.29. The lowest BCUT2D eigenvalue weighted by molar-refractivity contribution is -0.123. The summed E-state index contributed by atoms with van der Waals surface area (Å²) >= 11 is 0. The van der Waals surface area contributed by atoms with Gasteiger partial charge in [0.15, 0.2) is 6.61 Å². The van der Waals surface area contributed by atoms with Gasteiger partial charge in [-0.05, 0) is 42.9 Å². The van der Waals surface area contributed by atoms with Gasteiger partial charge in [-0.25, -0.2) is 5.84 Å². The summed E-state index contributed by atoms with van der Waals surface area (Å²) in [6.07, 6.45) is 4.57. The van der Waals surface area contributed by atoms with Crippen molar-refractivity contribution in [2.24, 2.45) is 5.84 Å². The third kappa shape index (κ3) is 2.33. The van der Waals surface area contributed by atoms with E-state index in [9.17, 15) is 4.79 Å². The molecule has 0 aromatic heterocycles. The van der Waals surface area contributed by atoms with Gasteiger partial charge in [-0.2, -0.15) is 0 Å². The van der Waals surface area contributed by atoms with E-state index < -0.39 is 0 Å². The van der Waals surface area contributed by atoms with Crippen molar-refractivity contribution < 1.29 is 9.53 Å². The maximum Gasteiger partial charge on any atom is 0.271 e. The Hall–Kier alpha value is -1.55. The monoisotopic (exact) mass is 220 g/mol. The van der Waals surface area contributed by atoms with Crippen LogP contribution in [0.3, 0.4) is 0 Å². The predicted molar refractivity (Wildman–Crippen MR) is 60.9 cm³/mol. The summed E-state index contributed by atoms with van der Waals surface area (Å²) in [7, 11) is 0. The van der Waals surface area contributed by atoms with Crippen molar-refractivity contribution in [1.82, 2.24) is 5.43 Å². The molecule has 86 valence electrons. The van der Waals surface area contributed by atoms with Crippen LogP contribution in [-0.4, -0.2) is 12.5 Å². The second-order valence-corrected chi connectivity index (χ2v) is 3.96. The van der Waals surface area contributed by atoms with Crippen molar-refractivity contribution in [2.75, 3.05) is 6.61 Å². The van der Waals surface area contributed by atoms with Crippen molar-refractivity contribution in [3.05, 3.63) is 29.3 Å². The molecule has 16 heavy (non-hydrogen) atoms. The molecule has 2 rings (SSSR count). The number of rotatable bonds is 3. The van der Waals surface area contributed by atoms with Gasteiger partial charge in [0, 0.05) is 0 Å².